The first-order chi connectivity index (χ1) is 16.7. The van der Waals surface area contributed by atoms with Crippen molar-refractivity contribution in [2.75, 3.05) is 11.4 Å². The minimum absolute atomic E-state index is 0.182. The van der Waals surface area contributed by atoms with E-state index in [1.807, 2.05) is 0 Å². The zero-order valence-corrected chi connectivity index (χ0v) is 18.1. The van der Waals surface area contributed by atoms with Gasteiger partial charge in [-0.3, -0.25) is 14.7 Å². The van der Waals surface area contributed by atoms with Gasteiger partial charge in [0.2, 0.25) is 17.7 Å². The number of ether oxygens (including phenoxy) is 1. The Morgan fingerprint density at radius 1 is 1.26 bits per heavy atom. The van der Waals surface area contributed by atoms with Crippen LogP contribution in [0.2, 0.25) is 0 Å². The molecule has 8 nitrogen and oxygen atoms in total. The van der Waals surface area contributed by atoms with Gasteiger partial charge in [-0.05, 0) is 24.6 Å². The van der Waals surface area contributed by atoms with Gasteiger partial charge >= 0.3 is 6.18 Å². The van der Waals surface area contributed by atoms with E-state index in [4.69, 9.17) is 4.74 Å². The summed E-state index contributed by atoms with van der Waals surface area (Å²) >= 11 is 0. The average molecular weight is 489 g/mol. The molecule has 12 heteroatoms. The Kier molecular flexibility index (Phi) is 4.61. The van der Waals surface area contributed by atoms with Crippen LogP contribution in [0.3, 0.4) is 0 Å². The molecule has 2 aliphatic carbocycles. The highest BCUT2D eigenvalue weighted by Gasteiger charge is 2.61. The van der Waals surface area contributed by atoms with Gasteiger partial charge in [-0.25, -0.2) is 9.37 Å². The van der Waals surface area contributed by atoms with Crippen LogP contribution in [0.1, 0.15) is 24.8 Å². The molecule has 3 aliphatic rings. The van der Waals surface area contributed by atoms with Crippen molar-refractivity contribution in [3.8, 4) is 5.88 Å². The smallest absolute Gasteiger partial charge is 0.393 e. The van der Waals surface area contributed by atoms with Crippen molar-refractivity contribution in [2.45, 2.75) is 43.0 Å². The van der Waals surface area contributed by atoms with Crippen LogP contribution in [-0.2, 0) is 15.0 Å². The molecule has 0 saturated heterocycles. The lowest BCUT2D eigenvalue weighted by Gasteiger charge is -2.43. The van der Waals surface area contributed by atoms with Gasteiger partial charge in [-0.15, -0.1) is 0 Å². The van der Waals surface area contributed by atoms with Crippen molar-refractivity contribution in [1.29, 1.82) is 0 Å². The maximum atomic E-state index is 14.9. The third kappa shape index (κ3) is 3.50. The van der Waals surface area contributed by atoms with E-state index in [0.29, 0.717) is 11.4 Å². The molecule has 1 aromatic carbocycles. The molecule has 2 fully saturated rings. The number of nitrogens with zero attached hydrogens (tertiary/aromatic N) is 3. The van der Waals surface area contributed by atoms with E-state index in [0.717, 1.165) is 10.4 Å². The van der Waals surface area contributed by atoms with E-state index >= 15 is 0 Å². The van der Waals surface area contributed by atoms with Crippen molar-refractivity contribution < 1.29 is 31.9 Å². The first-order valence-electron chi connectivity index (χ1n) is 11.1. The molecule has 1 spiro atoms. The Bertz CT molecular complexity index is 1350. The number of halogens is 4. The van der Waals surface area contributed by atoms with E-state index in [2.05, 4.69) is 20.5 Å². The Morgan fingerprint density at radius 2 is 2.06 bits per heavy atom. The number of benzene rings is 1. The van der Waals surface area contributed by atoms with Gasteiger partial charge in [0.05, 0.1) is 28.7 Å². The van der Waals surface area contributed by atoms with Crippen molar-refractivity contribution in [3.05, 3.63) is 47.9 Å². The number of H-pyrrole nitrogens is 1. The van der Waals surface area contributed by atoms with Crippen molar-refractivity contribution >= 4 is 28.5 Å². The highest BCUT2D eigenvalue weighted by Crippen LogP contribution is 2.55. The van der Waals surface area contributed by atoms with Crippen molar-refractivity contribution in [2.24, 2.45) is 5.92 Å². The number of rotatable bonds is 5. The van der Waals surface area contributed by atoms with Gasteiger partial charge in [0.25, 0.3) is 0 Å². The van der Waals surface area contributed by atoms with Gasteiger partial charge < -0.3 is 15.0 Å². The number of aromatic amines is 1. The molecule has 2 N–H and O–H groups in total. The predicted octanol–water partition coefficient (Wildman–Crippen LogP) is 2.99. The third-order valence-corrected chi connectivity index (χ3v) is 6.99. The number of hydrogen-bond donors (Lipinski definition) is 2. The maximum absolute atomic E-state index is 14.9. The molecule has 2 unspecified atom stereocenters. The molecule has 2 atom stereocenters. The number of carbonyl (C=O) groups excluding carboxylic acids is 2. The minimum Gasteiger partial charge on any atom is -0.474 e. The second kappa shape index (κ2) is 7.40. The summed E-state index contributed by atoms with van der Waals surface area (Å²) in [6.07, 6.45) is -3.05. The van der Waals surface area contributed by atoms with E-state index in [9.17, 15) is 27.2 Å². The highest BCUT2D eigenvalue weighted by atomic mass is 19.4. The van der Waals surface area contributed by atoms with Gasteiger partial charge in [-0.1, -0.05) is 6.07 Å². The molecule has 1 aliphatic heterocycles. The number of pyridine rings is 1. The molecule has 35 heavy (non-hydrogen) atoms. The van der Waals surface area contributed by atoms with Crippen molar-refractivity contribution in [1.82, 2.24) is 20.5 Å². The van der Waals surface area contributed by atoms with Crippen LogP contribution in [0.25, 0.3) is 11.0 Å². The summed E-state index contributed by atoms with van der Waals surface area (Å²) in [6.45, 7) is -0.484. The summed E-state index contributed by atoms with van der Waals surface area (Å²) in [4.78, 5) is 31.4. The monoisotopic (exact) mass is 489 g/mol. The van der Waals surface area contributed by atoms with Crippen LogP contribution in [0.5, 0.6) is 5.88 Å². The Morgan fingerprint density at radius 3 is 2.80 bits per heavy atom. The SMILES string of the molecule is O=C(CN1C(=O)C2(CC(Oc3ccc4[nH]ncc4n3)C2)c2c(F)cccc21)NC1CC1C(F)(F)F. The fraction of sp³-hybridized carbons (Fsp3) is 0.391. The van der Waals surface area contributed by atoms with Crippen LogP contribution in [0, 0.1) is 11.7 Å². The summed E-state index contributed by atoms with van der Waals surface area (Å²) in [7, 11) is 0. The predicted molar refractivity (Wildman–Crippen MR) is 114 cm³/mol. The van der Waals surface area contributed by atoms with E-state index in [1.54, 1.807) is 18.3 Å². The van der Waals surface area contributed by atoms with Crippen molar-refractivity contribution in [3.63, 3.8) is 0 Å². The minimum atomic E-state index is -4.38. The normalized spacial score (nSPS) is 27.1. The number of amides is 2. The number of carbonyl (C=O) groups is 2. The van der Waals surface area contributed by atoms with Crippen LogP contribution < -0.4 is 15.0 Å². The highest BCUT2D eigenvalue weighted by molar-refractivity contribution is 6.11. The Hall–Kier alpha value is -3.70. The summed E-state index contributed by atoms with van der Waals surface area (Å²) in [5.74, 6) is -2.98. The maximum Gasteiger partial charge on any atom is 0.393 e. The molecule has 0 radical (unpaired) electrons. The molecule has 2 aromatic heterocycles. The number of anilines is 1. The fourth-order valence-electron chi connectivity index (χ4n) is 5.18. The largest absolute Gasteiger partial charge is 0.474 e. The summed E-state index contributed by atoms with van der Waals surface area (Å²) in [5.41, 5.74) is 0.608. The fourth-order valence-corrected chi connectivity index (χ4v) is 5.18. The lowest BCUT2D eigenvalue weighted by atomic mass is 9.63. The van der Waals surface area contributed by atoms with E-state index in [-0.39, 0.29) is 30.5 Å². The van der Waals surface area contributed by atoms with E-state index in [1.165, 1.54) is 18.2 Å². The number of nitrogens with one attached hydrogen (secondary N) is 2. The average Bonchev–Trinajstić information content (AvgIpc) is 3.32. The second-order valence-electron chi connectivity index (χ2n) is 9.27. The second-order valence-corrected chi connectivity index (χ2v) is 9.27. The van der Waals surface area contributed by atoms with E-state index < -0.39 is 53.8 Å². The molecule has 6 rings (SSSR count). The van der Waals surface area contributed by atoms with Crippen LogP contribution in [0.15, 0.2) is 36.5 Å². The molecule has 2 amide bonds. The van der Waals surface area contributed by atoms with Crippen LogP contribution in [0.4, 0.5) is 23.2 Å². The number of fused-ring (bicyclic) bond motifs is 3. The van der Waals surface area contributed by atoms with Gasteiger partial charge in [0.1, 0.15) is 24.0 Å². The summed E-state index contributed by atoms with van der Waals surface area (Å²) < 4.78 is 59.2. The lowest BCUT2D eigenvalue weighted by molar-refractivity contribution is -0.149. The molecule has 182 valence electrons. The quantitative estimate of drug-likeness (QED) is 0.537. The lowest BCUT2D eigenvalue weighted by Crippen LogP contribution is -2.55. The number of aromatic nitrogens is 3. The number of alkyl halides is 3. The van der Waals surface area contributed by atoms with Gasteiger partial charge in [0.15, 0.2) is 0 Å². The molecule has 0 bridgehead atoms. The molecule has 2 saturated carbocycles. The third-order valence-electron chi connectivity index (χ3n) is 6.99. The first-order valence-corrected chi connectivity index (χ1v) is 11.1. The standard InChI is InChI=1S/C23H19F4N5O3/c24-13-2-1-3-17-20(13)22(7-11(8-22)35-19-5-4-14-16(30-19)9-28-31-14)21(34)32(17)10-18(33)29-15-6-12(15)23(25,26)27/h1-5,9,11-12,15H,6-8,10H2,(H,28,31)(H,29,33). The first kappa shape index (κ1) is 21.8. The molecule has 3 heterocycles. The zero-order chi connectivity index (χ0) is 24.5. The van der Waals surface area contributed by atoms with Gasteiger partial charge in [0, 0.05) is 30.5 Å². The molecular weight excluding hydrogens is 470 g/mol. The molecule has 3 aromatic rings. The summed E-state index contributed by atoms with van der Waals surface area (Å²) in [6, 6.07) is 6.65. The van der Waals surface area contributed by atoms with Crippen LogP contribution >= 0.6 is 0 Å². The van der Waals surface area contributed by atoms with Gasteiger partial charge in [-0.2, -0.15) is 18.3 Å². The summed E-state index contributed by atoms with van der Waals surface area (Å²) in [5, 5.41) is 9.03. The Labute approximate surface area is 195 Å². The Balaban J connectivity index is 1.18. The van der Waals surface area contributed by atoms with Crippen LogP contribution in [-0.4, -0.2) is 51.9 Å². The molecular formula is C23H19F4N5O3. The zero-order valence-electron chi connectivity index (χ0n) is 18.1. The number of hydrogen-bond acceptors (Lipinski definition) is 5. The topological polar surface area (TPSA) is 100 Å².